The molecule has 1 atom stereocenters. The molecule has 3 rings (SSSR count). The zero-order valence-corrected chi connectivity index (χ0v) is 13.9. The summed E-state index contributed by atoms with van der Waals surface area (Å²) in [4.78, 5) is 27.2. The summed E-state index contributed by atoms with van der Waals surface area (Å²) in [5.41, 5.74) is 7.65. The zero-order valence-electron chi connectivity index (χ0n) is 13.9. The lowest BCUT2D eigenvalue weighted by molar-refractivity contribution is -0.158. The van der Waals surface area contributed by atoms with Crippen LogP contribution in [-0.4, -0.2) is 17.5 Å². The van der Waals surface area contributed by atoms with Crippen LogP contribution < -0.4 is 10.6 Å². The molecule has 2 aromatic carbocycles. The minimum atomic E-state index is -1.04. The van der Waals surface area contributed by atoms with Gasteiger partial charge in [-0.25, -0.2) is 0 Å². The number of benzene rings is 2. The van der Waals surface area contributed by atoms with E-state index in [1.807, 2.05) is 30.3 Å². The summed E-state index contributed by atoms with van der Waals surface area (Å²) < 4.78 is 5.45. The van der Waals surface area contributed by atoms with Crippen molar-refractivity contribution in [2.24, 2.45) is 0 Å². The lowest BCUT2D eigenvalue weighted by atomic mass is 9.98. The van der Waals surface area contributed by atoms with Crippen LogP contribution in [0.3, 0.4) is 0 Å². The Kier molecular flexibility index (Phi) is 3.79. The van der Waals surface area contributed by atoms with Gasteiger partial charge in [-0.1, -0.05) is 24.3 Å². The number of nitrogens with zero attached hydrogens (tertiary/aromatic N) is 1. The molecule has 0 saturated heterocycles. The van der Waals surface area contributed by atoms with Gasteiger partial charge < -0.3 is 10.5 Å². The van der Waals surface area contributed by atoms with Crippen LogP contribution in [0.25, 0.3) is 0 Å². The van der Waals surface area contributed by atoms with Crippen LogP contribution in [-0.2, 0) is 14.3 Å². The molecule has 0 aromatic heterocycles. The summed E-state index contributed by atoms with van der Waals surface area (Å²) >= 11 is 0. The highest BCUT2D eigenvalue weighted by Crippen LogP contribution is 2.45. The first-order valence-electron chi connectivity index (χ1n) is 7.80. The summed E-state index contributed by atoms with van der Waals surface area (Å²) in [7, 11) is 0. The molecule has 0 bridgehead atoms. The summed E-state index contributed by atoms with van der Waals surface area (Å²) in [6.07, 6.45) is 0. The van der Waals surface area contributed by atoms with Crippen LogP contribution in [0.4, 0.5) is 17.1 Å². The van der Waals surface area contributed by atoms with Crippen molar-refractivity contribution in [3.8, 4) is 0 Å². The molecule has 5 heteroatoms. The number of hydrogen-bond donors (Lipinski definition) is 1. The minimum Gasteiger partial charge on any atom is -0.459 e. The lowest BCUT2D eigenvalue weighted by Gasteiger charge is -2.22. The Morgan fingerprint density at radius 3 is 2.38 bits per heavy atom. The van der Waals surface area contributed by atoms with Crippen molar-refractivity contribution < 1.29 is 14.3 Å². The van der Waals surface area contributed by atoms with E-state index in [4.69, 9.17) is 10.5 Å². The van der Waals surface area contributed by atoms with Gasteiger partial charge in [-0.3, -0.25) is 14.5 Å². The van der Waals surface area contributed by atoms with E-state index in [9.17, 15) is 9.59 Å². The maximum Gasteiger partial charge on any atom is 0.323 e. The fraction of sp³-hybridized carbons (Fsp3) is 0.263. The topological polar surface area (TPSA) is 72.6 Å². The number of esters is 1. The highest BCUT2D eigenvalue weighted by Gasteiger charge is 2.45. The van der Waals surface area contributed by atoms with E-state index in [0.717, 1.165) is 0 Å². The molecule has 0 radical (unpaired) electrons. The van der Waals surface area contributed by atoms with E-state index < -0.39 is 17.5 Å². The Balaban J connectivity index is 2.10. The molecule has 24 heavy (non-hydrogen) atoms. The molecule has 0 saturated carbocycles. The fourth-order valence-electron chi connectivity index (χ4n) is 2.87. The van der Waals surface area contributed by atoms with Crippen LogP contribution in [0.15, 0.2) is 48.5 Å². The maximum atomic E-state index is 13.0. The Morgan fingerprint density at radius 2 is 1.75 bits per heavy atom. The van der Waals surface area contributed by atoms with Gasteiger partial charge in [0.1, 0.15) is 5.60 Å². The molecule has 2 N–H and O–H groups in total. The molecule has 1 unspecified atom stereocenters. The van der Waals surface area contributed by atoms with Crippen molar-refractivity contribution in [1.29, 1.82) is 0 Å². The monoisotopic (exact) mass is 324 g/mol. The summed E-state index contributed by atoms with van der Waals surface area (Å²) in [5, 5.41) is 0. The molecular formula is C19H20N2O3. The zero-order chi connectivity index (χ0) is 17.5. The number of carbonyl (C=O) groups is 2. The average Bonchev–Trinajstić information content (AvgIpc) is 2.80. The van der Waals surface area contributed by atoms with Crippen LogP contribution in [0, 0.1) is 0 Å². The second-order valence-corrected chi connectivity index (χ2v) is 6.76. The third kappa shape index (κ3) is 2.73. The molecule has 1 aliphatic heterocycles. The van der Waals surface area contributed by atoms with Gasteiger partial charge in [0.2, 0.25) is 0 Å². The van der Waals surface area contributed by atoms with Gasteiger partial charge in [0.15, 0.2) is 5.92 Å². The largest absolute Gasteiger partial charge is 0.459 e. The second-order valence-electron chi connectivity index (χ2n) is 6.76. The molecule has 0 fully saturated rings. The maximum absolute atomic E-state index is 13.0. The number of amides is 1. The molecule has 0 aliphatic carbocycles. The van der Waals surface area contributed by atoms with Crippen molar-refractivity contribution in [3.63, 3.8) is 0 Å². The molecule has 1 aliphatic rings. The number of hydrogen-bond acceptors (Lipinski definition) is 4. The third-order valence-corrected chi connectivity index (χ3v) is 3.77. The highest BCUT2D eigenvalue weighted by atomic mass is 16.6. The van der Waals surface area contributed by atoms with Crippen molar-refractivity contribution in [2.45, 2.75) is 32.3 Å². The first-order chi connectivity index (χ1) is 11.3. The van der Waals surface area contributed by atoms with E-state index in [2.05, 4.69) is 0 Å². The number of carbonyl (C=O) groups excluding carboxylic acids is 2. The average molecular weight is 324 g/mol. The first kappa shape index (κ1) is 16.1. The molecular weight excluding hydrogens is 304 g/mol. The van der Waals surface area contributed by atoms with Gasteiger partial charge in [-0.2, -0.15) is 0 Å². The predicted molar refractivity (Wildman–Crippen MR) is 93.0 cm³/mol. The SMILES string of the molecule is CC(C)(C)OC(=O)C1C(=O)N(c2ccccc2)c2cccc(N)c21. The minimum absolute atomic E-state index is 0.344. The van der Waals surface area contributed by atoms with Gasteiger partial charge >= 0.3 is 5.97 Å². The number of nitrogen functional groups attached to an aromatic ring is 1. The number of nitrogens with two attached hydrogens (primary N) is 1. The predicted octanol–water partition coefficient (Wildman–Crippen LogP) is 3.37. The highest BCUT2D eigenvalue weighted by molar-refractivity contribution is 6.20. The van der Waals surface area contributed by atoms with Crippen molar-refractivity contribution in [2.75, 3.05) is 10.6 Å². The van der Waals surface area contributed by atoms with E-state index in [-0.39, 0.29) is 5.91 Å². The molecule has 0 spiro atoms. The van der Waals surface area contributed by atoms with E-state index >= 15 is 0 Å². The molecule has 124 valence electrons. The van der Waals surface area contributed by atoms with Gasteiger partial charge in [0.25, 0.3) is 5.91 Å². The number of para-hydroxylation sites is 1. The summed E-state index contributed by atoms with van der Waals surface area (Å²) in [6, 6.07) is 14.5. The third-order valence-electron chi connectivity index (χ3n) is 3.77. The van der Waals surface area contributed by atoms with Gasteiger partial charge in [0.05, 0.1) is 5.69 Å². The Labute approximate surface area is 141 Å². The number of ether oxygens (including phenoxy) is 1. The second kappa shape index (κ2) is 5.67. The molecule has 5 nitrogen and oxygen atoms in total. The van der Waals surface area contributed by atoms with Crippen LogP contribution in [0.5, 0.6) is 0 Å². The van der Waals surface area contributed by atoms with Crippen LogP contribution in [0.2, 0.25) is 0 Å². The molecule has 1 heterocycles. The van der Waals surface area contributed by atoms with Gasteiger partial charge in [-0.05, 0) is 45.0 Å². The standard InChI is InChI=1S/C19H20N2O3/c1-19(2,3)24-18(23)16-15-13(20)10-7-11-14(15)21(17(16)22)12-8-5-4-6-9-12/h4-11,16H,20H2,1-3H3. The lowest BCUT2D eigenvalue weighted by Crippen LogP contribution is -2.33. The Bertz CT molecular complexity index is 794. The van der Waals surface area contributed by atoms with E-state index in [1.54, 1.807) is 39.0 Å². The van der Waals surface area contributed by atoms with Crippen molar-refractivity contribution in [1.82, 2.24) is 0 Å². The smallest absolute Gasteiger partial charge is 0.323 e. The van der Waals surface area contributed by atoms with E-state index in [1.165, 1.54) is 4.90 Å². The number of anilines is 3. The normalized spacial score (nSPS) is 16.9. The van der Waals surface area contributed by atoms with Gasteiger partial charge in [0, 0.05) is 16.9 Å². The Morgan fingerprint density at radius 1 is 1.08 bits per heavy atom. The fourth-order valence-corrected chi connectivity index (χ4v) is 2.87. The van der Waals surface area contributed by atoms with Crippen LogP contribution in [0.1, 0.15) is 32.3 Å². The Hall–Kier alpha value is -2.82. The number of fused-ring (bicyclic) bond motifs is 1. The summed E-state index contributed by atoms with van der Waals surface area (Å²) in [6.45, 7) is 5.32. The molecule has 2 aromatic rings. The summed E-state index contributed by atoms with van der Waals surface area (Å²) in [5.74, 6) is -1.96. The number of rotatable bonds is 2. The molecule has 1 amide bonds. The van der Waals surface area contributed by atoms with Gasteiger partial charge in [-0.15, -0.1) is 0 Å². The van der Waals surface area contributed by atoms with Crippen LogP contribution >= 0.6 is 0 Å². The first-order valence-corrected chi connectivity index (χ1v) is 7.80. The van der Waals surface area contributed by atoms with Crippen molar-refractivity contribution >= 4 is 28.9 Å². The van der Waals surface area contributed by atoms with Crippen molar-refractivity contribution in [3.05, 3.63) is 54.1 Å². The quantitative estimate of drug-likeness (QED) is 0.522. The van der Waals surface area contributed by atoms with E-state index in [0.29, 0.717) is 22.6 Å².